The highest BCUT2D eigenvalue weighted by Gasteiger charge is 2.19. The van der Waals surface area contributed by atoms with Crippen LogP contribution in [-0.4, -0.2) is 30.6 Å². The summed E-state index contributed by atoms with van der Waals surface area (Å²) < 4.78 is 5.44. The minimum Gasteiger partial charge on any atom is -0.320 e. The Labute approximate surface area is 213 Å². The van der Waals surface area contributed by atoms with E-state index in [1.165, 1.54) is 17.3 Å². The summed E-state index contributed by atoms with van der Waals surface area (Å²) in [6, 6.07) is 25.7. The number of benzene rings is 3. The molecule has 7 nitrogen and oxygen atoms in total. The van der Waals surface area contributed by atoms with Crippen LogP contribution in [0.2, 0.25) is 0 Å². The highest BCUT2D eigenvalue weighted by atomic mass is 32.2. The number of aromatic nitrogens is 4. The molecule has 0 unspecified atom stereocenters. The number of hydrogen-bond acceptors (Lipinski definition) is 4. The Kier molecular flexibility index (Phi) is 6.52. The van der Waals surface area contributed by atoms with Crippen molar-refractivity contribution in [2.24, 2.45) is 7.05 Å². The van der Waals surface area contributed by atoms with Gasteiger partial charge in [0.1, 0.15) is 5.69 Å². The molecule has 0 aliphatic carbocycles. The molecule has 1 amide bonds. The Balaban J connectivity index is 1.33. The van der Waals surface area contributed by atoms with Crippen molar-refractivity contribution in [1.82, 2.24) is 18.9 Å². The Morgan fingerprint density at radius 2 is 1.61 bits per heavy atom. The topological polar surface area (TPSA) is 73.8 Å². The number of nitrogens with one attached hydrogen (secondary N) is 1. The fraction of sp³-hybridized carbons (Fsp3) is 0.179. The largest absolute Gasteiger partial charge is 0.320 e. The van der Waals surface area contributed by atoms with Gasteiger partial charge in [-0.1, -0.05) is 59.8 Å². The highest BCUT2D eigenvalue weighted by molar-refractivity contribution is 7.99. The Bertz CT molecular complexity index is 1600. The van der Waals surface area contributed by atoms with Gasteiger partial charge in [0.2, 0.25) is 5.91 Å². The second-order valence-corrected chi connectivity index (χ2v) is 9.70. The van der Waals surface area contributed by atoms with Crippen LogP contribution in [0.1, 0.15) is 17.7 Å². The number of rotatable bonds is 7. The zero-order valence-corrected chi connectivity index (χ0v) is 21.2. The van der Waals surface area contributed by atoms with Gasteiger partial charge in [-0.2, -0.15) is 0 Å². The number of amides is 1. The van der Waals surface area contributed by atoms with Gasteiger partial charge >= 0.3 is 0 Å². The molecule has 2 aromatic heterocycles. The van der Waals surface area contributed by atoms with E-state index in [1.54, 1.807) is 9.36 Å². The number of aryl methyl sites for hydroxylation is 1. The summed E-state index contributed by atoms with van der Waals surface area (Å²) in [5.41, 5.74) is 5.66. The number of para-hydroxylation sites is 3. The molecule has 0 aliphatic heterocycles. The van der Waals surface area contributed by atoms with Crippen LogP contribution >= 0.6 is 11.8 Å². The van der Waals surface area contributed by atoms with Gasteiger partial charge < -0.3 is 5.32 Å². The van der Waals surface area contributed by atoms with Crippen LogP contribution in [0.3, 0.4) is 0 Å². The summed E-state index contributed by atoms with van der Waals surface area (Å²) in [6.07, 6.45) is 0.251. The van der Waals surface area contributed by atoms with Gasteiger partial charge in [0.25, 0.3) is 5.56 Å². The number of thioether (sulfide) groups is 1. The van der Waals surface area contributed by atoms with Gasteiger partial charge in [0.05, 0.1) is 22.4 Å². The second-order valence-electron chi connectivity index (χ2n) is 8.64. The van der Waals surface area contributed by atoms with E-state index in [4.69, 9.17) is 4.98 Å². The molecule has 0 radical (unpaired) electrons. The van der Waals surface area contributed by atoms with Gasteiger partial charge in [0, 0.05) is 24.9 Å². The van der Waals surface area contributed by atoms with Gasteiger partial charge in [-0.15, -0.1) is 0 Å². The lowest BCUT2D eigenvalue weighted by Gasteiger charge is -2.09. The molecule has 0 atom stereocenters. The van der Waals surface area contributed by atoms with Crippen LogP contribution in [0.15, 0.2) is 88.8 Å². The number of fused-ring (bicyclic) bond motifs is 1. The molecule has 182 valence electrons. The van der Waals surface area contributed by atoms with Crippen molar-refractivity contribution in [2.75, 3.05) is 11.1 Å². The third-order valence-corrected chi connectivity index (χ3v) is 7.14. The zero-order valence-electron chi connectivity index (χ0n) is 20.4. The summed E-state index contributed by atoms with van der Waals surface area (Å²) in [5.74, 6) is 0.325. The van der Waals surface area contributed by atoms with Crippen molar-refractivity contribution in [1.29, 1.82) is 0 Å². The van der Waals surface area contributed by atoms with Crippen LogP contribution in [-0.2, 0) is 11.8 Å². The van der Waals surface area contributed by atoms with E-state index in [1.807, 2.05) is 62.5 Å². The maximum absolute atomic E-state index is 13.1. The van der Waals surface area contributed by atoms with Crippen LogP contribution in [0.4, 0.5) is 5.69 Å². The number of carbonyl (C=O) groups is 1. The number of nitrogens with zero attached hydrogens (tertiary/aromatic N) is 4. The van der Waals surface area contributed by atoms with E-state index in [-0.39, 0.29) is 17.9 Å². The van der Waals surface area contributed by atoms with E-state index in [2.05, 4.69) is 47.1 Å². The Hall–Kier alpha value is -4.04. The predicted molar refractivity (Wildman–Crippen MR) is 146 cm³/mol. The number of hydrogen-bond donors (Lipinski definition) is 1. The van der Waals surface area contributed by atoms with Crippen molar-refractivity contribution in [2.45, 2.75) is 25.4 Å². The minimum atomic E-state index is -0.247. The van der Waals surface area contributed by atoms with E-state index < -0.39 is 0 Å². The van der Waals surface area contributed by atoms with Crippen LogP contribution < -0.4 is 10.9 Å². The monoisotopic (exact) mass is 497 g/mol. The fourth-order valence-electron chi connectivity index (χ4n) is 4.19. The maximum atomic E-state index is 13.1. The van der Waals surface area contributed by atoms with Crippen LogP contribution in [0, 0.1) is 13.8 Å². The first-order valence-electron chi connectivity index (χ1n) is 11.8. The first kappa shape index (κ1) is 23.7. The van der Waals surface area contributed by atoms with Gasteiger partial charge in [-0.05, 0) is 50.2 Å². The molecule has 5 rings (SSSR count). The number of carbonyl (C=O) groups excluding carboxylic acids is 1. The molecule has 0 saturated heterocycles. The van der Waals surface area contributed by atoms with Crippen LogP contribution in [0.25, 0.3) is 22.4 Å². The van der Waals surface area contributed by atoms with Crippen molar-refractivity contribution in [3.05, 3.63) is 100 Å². The summed E-state index contributed by atoms with van der Waals surface area (Å²) in [7, 11) is 1.81. The second kappa shape index (κ2) is 9.91. The van der Waals surface area contributed by atoms with Gasteiger partial charge in [-0.25, -0.2) is 9.67 Å². The average Bonchev–Trinajstić information content (AvgIpc) is 3.35. The lowest BCUT2D eigenvalue weighted by Crippen LogP contribution is -2.23. The smallest absolute Gasteiger partial charge is 0.295 e. The predicted octanol–water partition coefficient (Wildman–Crippen LogP) is 5.25. The summed E-state index contributed by atoms with van der Waals surface area (Å²) in [4.78, 5) is 30.7. The molecule has 0 bridgehead atoms. The fourth-order valence-corrected chi connectivity index (χ4v) is 5.16. The van der Waals surface area contributed by atoms with E-state index in [0.29, 0.717) is 17.1 Å². The Morgan fingerprint density at radius 1 is 0.917 bits per heavy atom. The molecule has 8 heteroatoms. The first-order valence-corrected chi connectivity index (χ1v) is 12.7. The van der Waals surface area contributed by atoms with E-state index in [9.17, 15) is 9.59 Å². The molecular weight excluding hydrogens is 470 g/mol. The molecule has 0 spiro atoms. The molecule has 2 heterocycles. The standard InChI is InChI=1S/C28H27N5O2S/c1-19-13-15-21(16-14-19)32-24-12-8-7-11-23(24)29-28(32)36-18-17-25(34)30-26-20(2)31(3)33(27(26)35)22-9-5-4-6-10-22/h4-16H,17-18H2,1-3H3,(H,30,34). The SMILES string of the molecule is Cc1ccc(-n2c(SCCC(=O)Nc3c(C)n(C)n(-c4ccccc4)c3=O)nc3ccccc32)cc1. The third kappa shape index (κ3) is 4.47. The van der Waals surface area contributed by atoms with Gasteiger partial charge in [-0.3, -0.25) is 18.8 Å². The molecular formula is C28H27N5O2S. The zero-order chi connectivity index (χ0) is 25.2. The highest BCUT2D eigenvalue weighted by Crippen LogP contribution is 2.28. The van der Waals surface area contributed by atoms with E-state index >= 15 is 0 Å². The molecule has 0 aliphatic rings. The van der Waals surface area contributed by atoms with Gasteiger partial charge in [0.15, 0.2) is 5.16 Å². The number of imidazole rings is 1. The van der Waals surface area contributed by atoms with Crippen molar-refractivity contribution < 1.29 is 4.79 Å². The quantitative estimate of drug-likeness (QED) is 0.312. The molecule has 3 aromatic carbocycles. The Morgan fingerprint density at radius 3 is 2.36 bits per heavy atom. The summed E-state index contributed by atoms with van der Waals surface area (Å²) >= 11 is 1.53. The molecule has 0 fully saturated rings. The average molecular weight is 498 g/mol. The molecule has 0 saturated carbocycles. The van der Waals surface area contributed by atoms with Crippen molar-refractivity contribution in [3.63, 3.8) is 0 Å². The first-order chi connectivity index (χ1) is 17.4. The lowest BCUT2D eigenvalue weighted by atomic mass is 10.2. The van der Waals surface area contributed by atoms with E-state index in [0.717, 1.165) is 27.6 Å². The molecule has 5 aromatic rings. The van der Waals surface area contributed by atoms with Crippen molar-refractivity contribution in [3.8, 4) is 11.4 Å². The third-order valence-electron chi connectivity index (χ3n) is 6.20. The summed E-state index contributed by atoms with van der Waals surface area (Å²) in [6.45, 7) is 3.89. The van der Waals surface area contributed by atoms with Crippen LogP contribution in [0.5, 0.6) is 0 Å². The number of anilines is 1. The molecule has 1 N–H and O–H groups in total. The molecule has 36 heavy (non-hydrogen) atoms. The minimum absolute atomic E-state index is 0.202. The maximum Gasteiger partial charge on any atom is 0.295 e. The normalized spacial score (nSPS) is 11.2. The van der Waals surface area contributed by atoms with Crippen molar-refractivity contribution >= 4 is 34.4 Å². The summed E-state index contributed by atoms with van der Waals surface area (Å²) in [5, 5.41) is 3.67. The lowest BCUT2D eigenvalue weighted by molar-refractivity contribution is -0.115.